The molecule has 2 fully saturated rings. The molecule has 0 aromatic carbocycles. The molecule has 8 heteroatoms. The first-order valence-electron chi connectivity index (χ1n) is 7.93. The zero-order valence-electron chi connectivity index (χ0n) is 12.9. The lowest BCUT2D eigenvalue weighted by Crippen LogP contribution is -2.46. The van der Waals surface area contributed by atoms with Crippen LogP contribution in [0.1, 0.15) is 19.3 Å². The van der Waals surface area contributed by atoms with E-state index < -0.39 is 12.5 Å². The molecule has 0 spiro atoms. The third-order valence-electron chi connectivity index (χ3n) is 4.43. The summed E-state index contributed by atoms with van der Waals surface area (Å²) >= 11 is 0. The molecule has 1 aromatic heterocycles. The van der Waals surface area contributed by atoms with E-state index in [1.165, 1.54) is 4.90 Å². The zero-order chi connectivity index (χ0) is 16.3. The van der Waals surface area contributed by atoms with Crippen molar-refractivity contribution >= 4 is 11.7 Å². The van der Waals surface area contributed by atoms with E-state index in [1.54, 1.807) is 18.6 Å². The molecule has 126 valence electrons. The zero-order valence-corrected chi connectivity index (χ0v) is 12.9. The number of nitrogens with one attached hydrogen (secondary N) is 1. The van der Waals surface area contributed by atoms with E-state index in [2.05, 4.69) is 20.2 Å². The van der Waals surface area contributed by atoms with Gasteiger partial charge in [-0.3, -0.25) is 9.78 Å². The fourth-order valence-corrected chi connectivity index (χ4v) is 3.06. The molecule has 1 amide bonds. The van der Waals surface area contributed by atoms with Crippen LogP contribution in [0.15, 0.2) is 18.6 Å². The fraction of sp³-hybridized carbons (Fsp3) is 0.667. The van der Waals surface area contributed by atoms with E-state index >= 15 is 0 Å². The lowest BCUT2D eigenvalue weighted by molar-refractivity contribution is -0.130. The molecule has 3 rings (SSSR count). The quantitative estimate of drug-likeness (QED) is 0.891. The average Bonchev–Trinajstić information content (AvgIpc) is 2.94. The molecule has 0 unspecified atom stereocenters. The second kappa shape index (κ2) is 6.74. The van der Waals surface area contributed by atoms with Gasteiger partial charge in [0, 0.05) is 44.5 Å². The van der Waals surface area contributed by atoms with Crippen LogP contribution in [0.25, 0.3) is 0 Å². The first-order valence-corrected chi connectivity index (χ1v) is 7.93. The van der Waals surface area contributed by atoms with Gasteiger partial charge in [-0.05, 0) is 12.8 Å². The van der Waals surface area contributed by atoms with E-state index in [0.717, 1.165) is 31.7 Å². The summed E-state index contributed by atoms with van der Waals surface area (Å²) < 4.78 is 26.2. The summed E-state index contributed by atoms with van der Waals surface area (Å²) in [6.45, 7) is 1.52. The molecule has 6 nitrogen and oxygen atoms in total. The van der Waals surface area contributed by atoms with Crippen molar-refractivity contribution < 1.29 is 13.6 Å². The van der Waals surface area contributed by atoms with Crippen LogP contribution in [-0.4, -0.2) is 65.5 Å². The van der Waals surface area contributed by atoms with Crippen molar-refractivity contribution in [3.63, 3.8) is 0 Å². The largest absolute Gasteiger partial charge is 0.355 e. The number of piperidine rings is 1. The molecule has 3 heterocycles. The number of likely N-dealkylation sites (tertiary alicyclic amines) is 1. The highest BCUT2D eigenvalue weighted by Gasteiger charge is 2.40. The van der Waals surface area contributed by atoms with Crippen molar-refractivity contribution in [2.24, 2.45) is 0 Å². The maximum Gasteiger partial charge on any atom is 0.267 e. The van der Waals surface area contributed by atoms with Gasteiger partial charge in [0.2, 0.25) is 5.91 Å². The number of carbonyl (C=O) groups excluding carboxylic acids is 1. The summed E-state index contributed by atoms with van der Waals surface area (Å²) in [6.07, 6.45) is 6.61. The van der Waals surface area contributed by atoms with Crippen LogP contribution in [-0.2, 0) is 4.79 Å². The Morgan fingerprint density at radius 1 is 1.30 bits per heavy atom. The number of hydrogen-bond acceptors (Lipinski definition) is 5. The van der Waals surface area contributed by atoms with Crippen molar-refractivity contribution in [3.8, 4) is 0 Å². The number of hydrogen-bond donors (Lipinski definition) is 1. The molecule has 0 radical (unpaired) electrons. The van der Waals surface area contributed by atoms with Crippen LogP contribution < -0.4 is 10.2 Å². The predicted molar refractivity (Wildman–Crippen MR) is 81.4 cm³/mol. The van der Waals surface area contributed by atoms with Gasteiger partial charge in [-0.1, -0.05) is 0 Å². The summed E-state index contributed by atoms with van der Waals surface area (Å²) in [7, 11) is 0. The maximum atomic E-state index is 13.1. The van der Waals surface area contributed by atoms with Crippen molar-refractivity contribution in [1.82, 2.24) is 20.2 Å². The van der Waals surface area contributed by atoms with Crippen molar-refractivity contribution in [3.05, 3.63) is 18.6 Å². The topological polar surface area (TPSA) is 61.4 Å². The molecule has 0 atom stereocenters. The Balaban J connectivity index is 1.40. The van der Waals surface area contributed by atoms with E-state index in [4.69, 9.17) is 0 Å². The first-order chi connectivity index (χ1) is 11.0. The van der Waals surface area contributed by atoms with Gasteiger partial charge in [-0.2, -0.15) is 0 Å². The van der Waals surface area contributed by atoms with Crippen LogP contribution in [0.2, 0.25) is 0 Å². The highest BCUT2D eigenvalue weighted by atomic mass is 19.3. The van der Waals surface area contributed by atoms with E-state index in [9.17, 15) is 13.6 Å². The Morgan fingerprint density at radius 2 is 2.09 bits per heavy atom. The number of carbonyl (C=O) groups is 1. The van der Waals surface area contributed by atoms with Gasteiger partial charge in [0.25, 0.3) is 5.92 Å². The Kier molecular flexibility index (Phi) is 4.70. The van der Waals surface area contributed by atoms with E-state index in [0.29, 0.717) is 0 Å². The number of anilines is 1. The predicted octanol–water partition coefficient (Wildman–Crippen LogP) is 0.903. The average molecular weight is 325 g/mol. The third kappa shape index (κ3) is 4.13. The van der Waals surface area contributed by atoms with Crippen LogP contribution in [0.4, 0.5) is 14.6 Å². The lowest BCUT2D eigenvalue weighted by Gasteiger charge is -2.33. The number of alkyl halides is 2. The molecule has 1 N–H and O–H groups in total. The molecule has 0 aliphatic carbocycles. The second-order valence-corrected chi connectivity index (χ2v) is 6.13. The lowest BCUT2D eigenvalue weighted by atomic mass is 10.1. The van der Waals surface area contributed by atoms with E-state index in [-0.39, 0.29) is 31.5 Å². The van der Waals surface area contributed by atoms with Crippen molar-refractivity contribution in [2.75, 3.05) is 37.6 Å². The van der Waals surface area contributed by atoms with Gasteiger partial charge in [0.05, 0.1) is 19.3 Å². The first kappa shape index (κ1) is 16.0. The number of rotatable bonds is 4. The van der Waals surface area contributed by atoms with Crippen LogP contribution in [0.5, 0.6) is 0 Å². The summed E-state index contributed by atoms with van der Waals surface area (Å²) in [6, 6.07) is 0.231. The minimum Gasteiger partial charge on any atom is -0.355 e. The number of amides is 1. The molecular formula is C15H21F2N5O. The van der Waals surface area contributed by atoms with Gasteiger partial charge >= 0.3 is 0 Å². The van der Waals surface area contributed by atoms with Gasteiger partial charge < -0.3 is 15.1 Å². The highest BCUT2D eigenvalue weighted by Crippen LogP contribution is 2.26. The third-order valence-corrected chi connectivity index (χ3v) is 4.43. The standard InChI is InChI=1S/C15H21F2N5O/c16-15(17)3-8-22(11-15)14(23)10-20-12-1-6-21(7-2-12)13-9-18-4-5-19-13/h4-5,9,12,20H,1-3,6-8,10-11H2. The molecular weight excluding hydrogens is 304 g/mol. The molecule has 0 saturated carbocycles. The van der Waals surface area contributed by atoms with E-state index in [1.807, 2.05) is 0 Å². The maximum absolute atomic E-state index is 13.1. The van der Waals surface area contributed by atoms with Gasteiger partial charge in [-0.15, -0.1) is 0 Å². The van der Waals surface area contributed by atoms with Crippen LogP contribution >= 0.6 is 0 Å². The minimum absolute atomic E-state index is 0.131. The number of nitrogens with zero attached hydrogens (tertiary/aromatic N) is 4. The van der Waals surface area contributed by atoms with Gasteiger partial charge in [0.15, 0.2) is 0 Å². The van der Waals surface area contributed by atoms with Crippen LogP contribution in [0.3, 0.4) is 0 Å². The Bertz CT molecular complexity index is 534. The Labute approximate surface area is 133 Å². The molecule has 1 aromatic rings. The Hall–Kier alpha value is -1.83. The molecule has 0 bridgehead atoms. The number of aromatic nitrogens is 2. The molecule has 23 heavy (non-hydrogen) atoms. The summed E-state index contributed by atoms with van der Waals surface area (Å²) in [5.41, 5.74) is 0. The van der Waals surface area contributed by atoms with Crippen molar-refractivity contribution in [1.29, 1.82) is 0 Å². The smallest absolute Gasteiger partial charge is 0.267 e. The van der Waals surface area contributed by atoms with Crippen molar-refractivity contribution in [2.45, 2.75) is 31.2 Å². The fourth-order valence-electron chi connectivity index (χ4n) is 3.06. The SMILES string of the molecule is O=C(CNC1CCN(c2cnccn2)CC1)N1CCC(F)(F)C1. The normalized spacial score (nSPS) is 21.7. The monoisotopic (exact) mass is 325 g/mol. The van der Waals surface area contributed by atoms with Gasteiger partial charge in [0.1, 0.15) is 5.82 Å². The minimum atomic E-state index is -2.72. The Morgan fingerprint density at radius 3 is 2.70 bits per heavy atom. The molecule has 2 aliphatic heterocycles. The molecule has 2 saturated heterocycles. The molecule has 2 aliphatic rings. The van der Waals surface area contributed by atoms with Crippen LogP contribution in [0, 0.1) is 0 Å². The summed E-state index contributed by atoms with van der Waals surface area (Å²) in [4.78, 5) is 23.7. The summed E-state index contributed by atoms with van der Waals surface area (Å²) in [5.74, 6) is -2.10. The summed E-state index contributed by atoms with van der Waals surface area (Å²) in [5, 5.41) is 3.20. The highest BCUT2D eigenvalue weighted by molar-refractivity contribution is 5.78. The number of halogens is 2. The van der Waals surface area contributed by atoms with Gasteiger partial charge in [-0.25, -0.2) is 13.8 Å². The second-order valence-electron chi connectivity index (χ2n) is 6.13.